The van der Waals surface area contributed by atoms with Crippen LogP contribution in [0.2, 0.25) is 0 Å². The maximum Gasteiger partial charge on any atom is 0.0772 e. The van der Waals surface area contributed by atoms with Crippen LogP contribution in [0.5, 0.6) is 0 Å². The predicted octanol–water partition coefficient (Wildman–Crippen LogP) is 2.44. The third-order valence-electron chi connectivity index (χ3n) is 4.16. The van der Waals surface area contributed by atoms with E-state index in [1.54, 1.807) is 0 Å². The van der Waals surface area contributed by atoms with Crippen molar-refractivity contribution in [1.29, 1.82) is 0 Å². The van der Waals surface area contributed by atoms with Crippen LogP contribution in [-0.2, 0) is 11.3 Å². The molecule has 2 rings (SSSR count). The average Bonchev–Trinajstić information content (AvgIpc) is 2.49. The Bertz CT molecular complexity index is 410. The Kier molecular flexibility index (Phi) is 5.80. The summed E-state index contributed by atoms with van der Waals surface area (Å²) in [6.45, 7) is 8.49. The van der Waals surface area contributed by atoms with E-state index < -0.39 is 0 Å². The molecule has 1 aromatic heterocycles. The molecule has 2 unspecified atom stereocenters. The van der Waals surface area contributed by atoms with E-state index in [9.17, 15) is 0 Å². The van der Waals surface area contributed by atoms with Crippen LogP contribution >= 0.6 is 0 Å². The molecule has 1 fully saturated rings. The third kappa shape index (κ3) is 3.70. The van der Waals surface area contributed by atoms with Gasteiger partial charge in [0, 0.05) is 32.9 Å². The Morgan fingerprint density at radius 1 is 1.50 bits per heavy atom. The van der Waals surface area contributed by atoms with E-state index >= 15 is 0 Å². The maximum atomic E-state index is 5.62. The van der Waals surface area contributed by atoms with Gasteiger partial charge in [0.05, 0.1) is 18.0 Å². The second kappa shape index (κ2) is 7.60. The first kappa shape index (κ1) is 15.3. The van der Waals surface area contributed by atoms with Gasteiger partial charge in [-0.25, -0.2) is 0 Å². The smallest absolute Gasteiger partial charge is 0.0772 e. The predicted molar refractivity (Wildman–Crippen MR) is 83.0 cm³/mol. The Hall–Kier alpha value is -1.13. The van der Waals surface area contributed by atoms with Gasteiger partial charge in [-0.05, 0) is 36.9 Å². The fourth-order valence-corrected chi connectivity index (χ4v) is 2.81. The first-order valence-electron chi connectivity index (χ1n) is 7.67. The number of nitrogens with one attached hydrogen (secondary N) is 1. The minimum Gasteiger partial charge on any atom is -0.379 e. The minimum absolute atomic E-state index is 0.320. The molecule has 1 saturated heterocycles. The van der Waals surface area contributed by atoms with Gasteiger partial charge in [0.2, 0.25) is 0 Å². The van der Waals surface area contributed by atoms with E-state index in [1.165, 1.54) is 17.7 Å². The molecule has 2 heterocycles. The number of pyridine rings is 1. The molecule has 0 spiro atoms. The lowest BCUT2D eigenvalue weighted by molar-refractivity contribution is 0.0498. The highest BCUT2D eigenvalue weighted by molar-refractivity contribution is 5.52. The molecule has 0 aromatic carbocycles. The van der Waals surface area contributed by atoms with Crippen molar-refractivity contribution < 1.29 is 4.74 Å². The van der Waals surface area contributed by atoms with Gasteiger partial charge >= 0.3 is 0 Å². The summed E-state index contributed by atoms with van der Waals surface area (Å²) in [5, 5.41) is 3.48. The summed E-state index contributed by atoms with van der Waals surface area (Å²) in [5.74, 6) is 0.634. The summed E-state index contributed by atoms with van der Waals surface area (Å²) in [7, 11) is 1.82. The molecule has 1 N–H and O–H groups in total. The lowest BCUT2D eigenvalue weighted by Gasteiger charge is -2.38. The van der Waals surface area contributed by atoms with E-state index in [4.69, 9.17) is 4.74 Å². The van der Waals surface area contributed by atoms with Crippen molar-refractivity contribution in [2.75, 3.05) is 31.6 Å². The fourth-order valence-electron chi connectivity index (χ4n) is 2.81. The molecular weight excluding hydrogens is 250 g/mol. The summed E-state index contributed by atoms with van der Waals surface area (Å²) in [6.07, 6.45) is 6.53. The van der Waals surface area contributed by atoms with Crippen LogP contribution < -0.4 is 10.2 Å². The molecule has 0 amide bonds. The van der Waals surface area contributed by atoms with Gasteiger partial charge < -0.3 is 15.0 Å². The van der Waals surface area contributed by atoms with Gasteiger partial charge in [-0.1, -0.05) is 13.8 Å². The summed E-state index contributed by atoms with van der Waals surface area (Å²) < 4.78 is 5.62. The van der Waals surface area contributed by atoms with Crippen LogP contribution in [0.25, 0.3) is 0 Å². The van der Waals surface area contributed by atoms with Crippen LogP contribution in [0.3, 0.4) is 0 Å². The number of aromatic nitrogens is 1. The maximum absolute atomic E-state index is 5.62. The van der Waals surface area contributed by atoms with Crippen molar-refractivity contribution in [1.82, 2.24) is 10.3 Å². The number of anilines is 1. The number of rotatable bonds is 6. The zero-order valence-electron chi connectivity index (χ0n) is 12.9. The van der Waals surface area contributed by atoms with Gasteiger partial charge in [0.25, 0.3) is 0 Å². The largest absolute Gasteiger partial charge is 0.379 e. The molecule has 20 heavy (non-hydrogen) atoms. The summed E-state index contributed by atoms with van der Waals surface area (Å²) in [6, 6.07) is 2.12. The Morgan fingerprint density at radius 2 is 2.35 bits per heavy atom. The molecule has 112 valence electrons. The van der Waals surface area contributed by atoms with Gasteiger partial charge in [-0.3, -0.25) is 4.98 Å². The SMILES string of the molecule is CCCNCc1ccncc1N1CCC(C)C(OC)C1. The minimum atomic E-state index is 0.320. The molecule has 1 aliphatic heterocycles. The quantitative estimate of drug-likeness (QED) is 0.811. The average molecular weight is 277 g/mol. The second-order valence-electron chi connectivity index (χ2n) is 5.67. The molecule has 4 heteroatoms. The molecule has 1 aliphatic rings. The Labute approximate surface area is 122 Å². The van der Waals surface area contributed by atoms with E-state index in [-0.39, 0.29) is 0 Å². The van der Waals surface area contributed by atoms with E-state index in [0.717, 1.165) is 32.6 Å². The standard InChI is InChI=1S/C16H27N3O/c1-4-7-17-10-14-5-8-18-11-15(14)19-9-6-13(2)16(12-19)20-3/h5,8,11,13,16-17H,4,6-7,9-10,12H2,1-3H3. The van der Waals surface area contributed by atoms with Gasteiger partial charge in [-0.15, -0.1) is 0 Å². The highest BCUT2D eigenvalue weighted by Crippen LogP contribution is 2.26. The lowest BCUT2D eigenvalue weighted by atomic mass is 9.95. The van der Waals surface area contributed by atoms with Crippen molar-refractivity contribution in [3.05, 3.63) is 24.0 Å². The van der Waals surface area contributed by atoms with Crippen molar-refractivity contribution in [3.8, 4) is 0 Å². The summed E-state index contributed by atoms with van der Waals surface area (Å²) in [5.41, 5.74) is 2.59. The Morgan fingerprint density at radius 3 is 3.10 bits per heavy atom. The van der Waals surface area contributed by atoms with E-state index in [1.807, 2.05) is 19.5 Å². The molecule has 0 aliphatic carbocycles. The van der Waals surface area contributed by atoms with Crippen LogP contribution in [-0.4, -0.2) is 37.8 Å². The second-order valence-corrected chi connectivity index (χ2v) is 5.67. The zero-order chi connectivity index (χ0) is 14.4. The first-order valence-corrected chi connectivity index (χ1v) is 7.67. The Balaban J connectivity index is 2.07. The van der Waals surface area contributed by atoms with E-state index in [2.05, 4.69) is 35.1 Å². The van der Waals surface area contributed by atoms with Gasteiger partial charge in [0.1, 0.15) is 0 Å². The van der Waals surface area contributed by atoms with Crippen molar-refractivity contribution in [2.24, 2.45) is 5.92 Å². The molecule has 2 atom stereocenters. The third-order valence-corrected chi connectivity index (χ3v) is 4.16. The van der Waals surface area contributed by atoms with Gasteiger partial charge in [0.15, 0.2) is 0 Å². The molecular formula is C16H27N3O. The first-order chi connectivity index (χ1) is 9.76. The molecule has 4 nitrogen and oxygen atoms in total. The molecule has 0 bridgehead atoms. The number of hydrogen-bond donors (Lipinski definition) is 1. The van der Waals surface area contributed by atoms with Crippen LogP contribution in [0.1, 0.15) is 32.3 Å². The highest BCUT2D eigenvalue weighted by Gasteiger charge is 2.27. The normalized spacial score (nSPS) is 23.1. The highest BCUT2D eigenvalue weighted by atomic mass is 16.5. The molecule has 0 radical (unpaired) electrons. The lowest BCUT2D eigenvalue weighted by Crippen LogP contribution is -2.44. The summed E-state index contributed by atoms with van der Waals surface area (Å²) in [4.78, 5) is 6.73. The molecule has 0 saturated carbocycles. The van der Waals surface area contributed by atoms with Crippen LogP contribution in [0.4, 0.5) is 5.69 Å². The molecule has 1 aromatic rings. The number of piperidine rings is 1. The monoisotopic (exact) mass is 277 g/mol. The summed E-state index contributed by atoms with van der Waals surface area (Å²) >= 11 is 0. The van der Waals surface area contributed by atoms with Crippen molar-refractivity contribution in [2.45, 2.75) is 39.3 Å². The number of methoxy groups -OCH3 is 1. The number of nitrogens with zero attached hydrogens (tertiary/aromatic N) is 2. The van der Waals surface area contributed by atoms with Crippen LogP contribution in [0.15, 0.2) is 18.5 Å². The van der Waals surface area contributed by atoms with Crippen LogP contribution in [0, 0.1) is 5.92 Å². The topological polar surface area (TPSA) is 37.4 Å². The fraction of sp³-hybridized carbons (Fsp3) is 0.688. The van der Waals surface area contributed by atoms with Gasteiger partial charge in [-0.2, -0.15) is 0 Å². The van der Waals surface area contributed by atoms with E-state index in [0.29, 0.717) is 12.0 Å². The zero-order valence-corrected chi connectivity index (χ0v) is 12.9. The number of ether oxygens (including phenoxy) is 1. The van der Waals surface area contributed by atoms with Crippen molar-refractivity contribution >= 4 is 5.69 Å². The van der Waals surface area contributed by atoms with Crippen molar-refractivity contribution in [3.63, 3.8) is 0 Å². The number of hydrogen-bond acceptors (Lipinski definition) is 4.